The number of nitrogens with two attached hydrogens (primary N) is 1. The molecular formula is C8H6BrClFNO2. The van der Waals surface area contributed by atoms with Gasteiger partial charge in [0, 0.05) is 15.9 Å². The van der Waals surface area contributed by atoms with E-state index in [1.54, 1.807) is 0 Å². The van der Waals surface area contributed by atoms with E-state index in [2.05, 4.69) is 20.7 Å². The lowest BCUT2D eigenvalue weighted by molar-refractivity contribution is 0.208. The number of carbonyl (C=O) groups excluding carboxylic acids is 1. The summed E-state index contributed by atoms with van der Waals surface area (Å²) in [5, 5.41) is 0.490. The molecule has 0 aromatic heterocycles. The van der Waals surface area contributed by atoms with Crippen LogP contribution in [0.15, 0.2) is 12.1 Å². The van der Waals surface area contributed by atoms with Crippen molar-refractivity contribution in [3.8, 4) is 5.75 Å². The fraction of sp³-hybridized carbons (Fsp3) is 0.125. The van der Waals surface area contributed by atoms with E-state index in [-0.39, 0.29) is 21.7 Å². The van der Waals surface area contributed by atoms with Gasteiger partial charge in [0.25, 0.3) is 0 Å². The fourth-order valence-corrected chi connectivity index (χ4v) is 1.81. The molecule has 1 rings (SSSR count). The SMILES string of the molecule is NC(=O)Oc1ccc(Cl)c(CBr)c1F. The minimum atomic E-state index is -1.06. The average molecular weight is 282 g/mol. The molecule has 0 saturated heterocycles. The molecule has 0 atom stereocenters. The number of amides is 1. The smallest absolute Gasteiger partial charge is 0.407 e. The second kappa shape index (κ2) is 4.61. The molecule has 0 aliphatic heterocycles. The van der Waals surface area contributed by atoms with Crippen LogP contribution in [-0.4, -0.2) is 6.09 Å². The molecule has 0 radical (unpaired) electrons. The van der Waals surface area contributed by atoms with Gasteiger partial charge in [-0.15, -0.1) is 0 Å². The monoisotopic (exact) mass is 281 g/mol. The second-order valence-electron chi connectivity index (χ2n) is 2.39. The Hall–Kier alpha value is -0.810. The molecule has 1 aromatic carbocycles. The standard InChI is InChI=1S/C8H6BrClFNO2/c9-3-4-5(10)1-2-6(7(4)11)14-8(12)13/h1-2H,3H2,(H2,12,13). The highest BCUT2D eigenvalue weighted by Crippen LogP contribution is 2.28. The van der Waals surface area contributed by atoms with E-state index >= 15 is 0 Å². The number of rotatable bonds is 2. The Morgan fingerprint density at radius 3 is 2.79 bits per heavy atom. The predicted octanol–water partition coefficient (Wildman–Crippen LogP) is 2.83. The summed E-state index contributed by atoms with van der Waals surface area (Å²) in [6.45, 7) is 0. The summed E-state index contributed by atoms with van der Waals surface area (Å²) in [6.07, 6.45) is -1.06. The van der Waals surface area contributed by atoms with Crippen molar-refractivity contribution < 1.29 is 13.9 Å². The van der Waals surface area contributed by atoms with E-state index in [0.717, 1.165) is 0 Å². The third-order valence-electron chi connectivity index (χ3n) is 1.49. The minimum absolute atomic E-state index is 0.226. The van der Waals surface area contributed by atoms with E-state index in [1.165, 1.54) is 12.1 Å². The zero-order valence-corrected chi connectivity index (χ0v) is 9.23. The molecule has 14 heavy (non-hydrogen) atoms. The Morgan fingerprint density at radius 2 is 2.29 bits per heavy atom. The quantitative estimate of drug-likeness (QED) is 0.848. The van der Waals surface area contributed by atoms with Gasteiger partial charge in [0.1, 0.15) is 0 Å². The molecular weight excluding hydrogens is 276 g/mol. The molecule has 0 bridgehead atoms. The van der Waals surface area contributed by atoms with Gasteiger partial charge >= 0.3 is 6.09 Å². The van der Waals surface area contributed by atoms with Gasteiger partial charge in [-0.2, -0.15) is 0 Å². The van der Waals surface area contributed by atoms with Crippen molar-refractivity contribution in [3.63, 3.8) is 0 Å². The van der Waals surface area contributed by atoms with Gasteiger partial charge in [0.2, 0.25) is 0 Å². The molecule has 76 valence electrons. The van der Waals surface area contributed by atoms with Crippen molar-refractivity contribution in [2.24, 2.45) is 5.73 Å². The van der Waals surface area contributed by atoms with Crippen molar-refractivity contribution in [1.82, 2.24) is 0 Å². The lowest BCUT2D eigenvalue weighted by Crippen LogP contribution is -2.17. The maximum atomic E-state index is 13.4. The second-order valence-corrected chi connectivity index (χ2v) is 3.36. The van der Waals surface area contributed by atoms with Crippen LogP contribution in [0.4, 0.5) is 9.18 Å². The zero-order chi connectivity index (χ0) is 10.7. The van der Waals surface area contributed by atoms with E-state index in [0.29, 0.717) is 0 Å². The van der Waals surface area contributed by atoms with E-state index in [9.17, 15) is 9.18 Å². The predicted molar refractivity (Wildman–Crippen MR) is 54.3 cm³/mol. The maximum absolute atomic E-state index is 13.4. The largest absolute Gasteiger partial charge is 0.410 e. The van der Waals surface area contributed by atoms with E-state index in [4.69, 9.17) is 17.3 Å². The van der Waals surface area contributed by atoms with E-state index in [1.807, 2.05) is 0 Å². The number of hydrogen-bond donors (Lipinski definition) is 1. The van der Waals surface area contributed by atoms with Gasteiger partial charge in [0.05, 0.1) is 0 Å². The van der Waals surface area contributed by atoms with Gasteiger partial charge in [-0.05, 0) is 12.1 Å². The van der Waals surface area contributed by atoms with Crippen LogP contribution >= 0.6 is 27.5 Å². The highest BCUT2D eigenvalue weighted by molar-refractivity contribution is 9.08. The summed E-state index contributed by atoms with van der Waals surface area (Å²) >= 11 is 8.76. The van der Waals surface area contributed by atoms with Crippen molar-refractivity contribution in [2.75, 3.05) is 0 Å². The highest BCUT2D eigenvalue weighted by atomic mass is 79.9. The van der Waals surface area contributed by atoms with Gasteiger partial charge in [-0.25, -0.2) is 9.18 Å². The first-order chi connectivity index (χ1) is 6.56. The third kappa shape index (κ3) is 2.36. The summed E-state index contributed by atoms with van der Waals surface area (Å²) < 4.78 is 17.9. The first-order valence-electron chi connectivity index (χ1n) is 3.56. The molecule has 6 heteroatoms. The Balaban J connectivity index is 3.14. The van der Waals surface area contributed by atoms with Crippen molar-refractivity contribution >= 4 is 33.6 Å². The van der Waals surface area contributed by atoms with Crippen LogP contribution in [0.5, 0.6) is 5.75 Å². The van der Waals surface area contributed by atoms with Gasteiger partial charge in [0.15, 0.2) is 11.6 Å². The third-order valence-corrected chi connectivity index (χ3v) is 2.41. The van der Waals surface area contributed by atoms with Gasteiger partial charge < -0.3 is 10.5 Å². The first kappa shape index (κ1) is 11.3. The molecule has 0 unspecified atom stereocenters. The summed E-state index contributed by atoms with van der Waals surface area (Å²) in [7, 11) is 0. The Morgan fingerprint density at radius 1 is 1.64 bits per heavy atom. The molecule has 2 N–H and O–H groups in total. The highest BCUT2D eigenvalue weighted by Gasteiger charge is 2.13. The summed E-state index contributed by atoms with van der Waals surface area (Å²) in [5.74, 6) is -0.912. The number of primary amides is 1. The van der Waals surface area contributed by atoms with Crippen molar-refractivity contribution in [1.29, 1.82) is 0 Å². The van der Waals surface area contributed by atoms with Crippen LogP contribution in [0.1, 0.15) is 5.56 Å². The molecule has 0 saturated carbocycles. The Bertz CT molecular complexity index is 373. The normalized spacial score (nSPS) is 9.93. The lowest BCUT2D eigenvalue weighted by Gasteiger charge is -2.06. The summed E-state index contributed by atoms with van der Waals surface area (Å²) in [6, 6.07) is 2.67. The first-order valence-corrected chi connectivity index (χ1v) is 5.06. The van der Waals surface area contributed by atoms with Crippen molar-refractivity contribution in [3.05, 3.63) is 28.5 Å². The molecule has 0 heterocycles. The zero-order valence-electron chi connectivity index (χ0n) is 6.89. The number of halogens is 3. The Labute approximate surface area is 93.1 Å². The van der Waals surface area contributed by atoms with Crippen LogP contribution in [0.2, 0.25) is 5.02 Å². The molecule has 1 aromatic rings. The number of benzene rings is 1. The van der Waals surface area contributed by atoms with Crippen LogP contribution in [0.25, 0.3) is 0 Å². The van der Waals surface area contributed by atoms with E-state index < -0.39 is 11.9 Å². The van der Waals surface area contributed by atoms with Gasteiger partial charge in [-0.1, -0.05) is 27.5 Å². The molecule has 0 aliphatic carbocycles. The lowest BCUT2D eigenvalue weighted by atomic mass is 10.2. The fourth-order valence-electron chi connectivity index (χ4n) is 0.886. The minimum Gasteiger partial charge on any atom is -0.407 e. The number of ether oxygens (including phenoxy) is 1. The van der Waals surface area contributed by atoms with Crippen LogP contribution < -0.4 is 10.5 Å². The number of alkyl halides is 1. The number of carbonyl (C=O) groups is 1. The van der Waals surface area contributed by atoms with Crippen LogP contribution in [-0.2, 0) is 5.33 Å². The Kier molecular flexibility index (Phi) is 3.71. The molecule has 0 aliphatic rings. The van der Waals surface area contributed by atoms with Crippen LogP contribution in [0, 0.1) is 5.82 Å². The molecule has 0 fully saturated rings. The summed E-state index contributed by atoms with van der Waals surface area (Å²) in [5.41, 5.74) is 4.98. The van der Waals surface area contributed by atoms with Crippen LogP contribution in [0.3, 0.4) is 0 Å². The molecule has 3 nitrogen and oxygen atoms in total. The summed E-state index contributed by atoms with van der Waals surface area (Å²) in [4.78, 5) is 10.4. The average Bonchev–Trinajstić information content (AvgIpc) is 2.10. The van der Waals surface area contributed by atoms with Gasteiger partial charge in [-0.3, -0.25) is 0 Å². The topological polar surface area (TPSA) is 52.3 Å². The van der Waals surface area contributed by atoms with Crippen molar-refractivity contribution in [2.45, 2.75) is 5.33 Å². The molecule has 1 amide bonds. The number of hydrogen-bond acceptors (Lipinski definition) is 2. The maximum Gasteiger partial charge on any atom is 0.410 e. The molecule has 0 spiro atoms.